The van der Waals surface area contributed by atoms with Crippen molar-refractivity contribution in [3.8, 4) is 0 Å². The summed E-state index contributed by atoms with van der Waals surface area (Å²) in [4.78, 5) is 0. The van der Waals surface area contributed by atoms with E-state index in [-0.39, 0.29) is 0 Å². The monoisotopic (exact) mass is 312 g/mol. The largest absolute Gasteiger partial charge is 0.0880 e. The molecule has 0 amide bonds. The van der Waals surface area contributed by atoms with E-state index in [1.54, 1.807) is 0 Å². The molecule has 1 saturated carbocycles. The molecule has 92 valence electrons. The maximum Gasteiger partial charge on any atom is 0.0411 e. The molecule has 0 radical (unpaired) electrons. The second kappa shape index (κ2) is 6.61. The molecule has 0 heterocycles. The highest BCUT2D eigenvalue weighted by Gasteiger charge is 2.16. The molecule has 0 unspecified atom stereocenters. The van der Waals surface area contributed by atoms with Crippen LogP contribution in [0.2, 0.25) is 5.02 Å². The number of benzene rings is 1. The number of halogens is 2. The minimum atomic E-state index is 0.766. The van der Waals surface area contributed by atoms with Crippen LogP contribution < -0.4 is 0 Å². The fraction of sp³-hybridized carbons (Fsp3) is 0.467. The molecular formula is C15H18BrCl. The molecule has 17 heavy (non-hydrogen) atoms. The standard InChI is InChI=1S/C15H18BrCl/c16-11-14(13-6-2-1-3-7-13)9-12-5-4-8-15(17)10-12/h4-5,8-10,13H,1-3,6-7,11H2. The SMILES string of the molecule is Clc1cccc(C=C(CBr)C2CCCCC2)c1. The fourth-order valence-electron chi connectivity index (χ4n) is 2.55. The summed E-state index contributed by atoms with van der Waals surface area (Å²) in [6.45, 7) is 0. The molecule has 0 spiro atoms. The highest BCUT2D eigenvalue weighted by atomic mass is 79.9. The smallest absolute Gasteiger partial charge is 0.0411 e. The van der Waals surface area contributed by atoms with Gasteiger partial charge >= 0.3 is 0 Å². The Hall–Kier alpha value is -0.270. The average Bonchev–Trinajstić information content (AvgIpc) is 2.37. The van der Waals surface area contributed by atoms with Gasteiger partial charge in [0.25, 0.3) is 0 Å². The maximum atomic E-state index is 6.02. The highest BCUT2D eigenvalue weighted by molar-refractivity contribution is 9.09. The van der Waals surface area contributed by atoms with E-state index in [0.29, 0.717) is 0 Å². The van der Waals surface area contributed by atoms with Gasteiger partial charge in [0.1, 0.15) is 0 Å². The van der Waals surface area contributed by atoms with Gasteiger partial charge in [-0.2, -0.15) is 0 Å². The van der Waals surface area contributed by atoms with Crippen molar-refractivity contribution in [2.75, 3.05) is 5.33 Å². The summed E-state index contributed by atoms with van der Waals surface area (Å²) < 4.78 is 0. The summed E-state index contributed by atoms with van der Waals surface area (Å²) in [5.74, 6) is 0.766. The molecule has 1 aliphatic carbocycles. The van der Waals surface area contributed by atoms with Crippen molar-refractivity contribution in [3.05, 3.63) is 40.4 Å². The Morgan fingerprint density at radius 1 is 1.29 bits per heavy atom. The van der Waals surface area contributed by atoms with Crippen LogP contribution in [0.25, 0.3) is 6.08 Å². The van der Waals surface area contributed by atoms with Crippen molar-refractivity contribution >= 4 is 33.6 Å². The lowest BCUT2D eigenvalue weighted by Gasteiger charge is -2.23. The number of allylic oxidation sites excluding steroid dienone is 1. The first kappa shape index (κ1) is 13.2. The first-order chi connectivity index (χ1) is 8.29. The molecular weight excluding hydrogens is 296 g/mol. The van der Waals surface area contributed by atoms with Crippen LogP contribution in [0.15, 0.2) is 29.8 Å². The third kappa shape index (κ3) is 3.86. The molecule has 0 aliphatic heterocycles. The predicted octanol–water partition coefficient (Wildman–Crippen LogP) is 5.70. The normalized spacial score (nSPS) is 18.4. The van der Waals surface area contributed by atoms with E-state index < -0.39 is 0 Å². The molecule has 2 rings (SSSR count). The summed E-state index contributed by atoms with van der Waals surface area (Å²) in [7, 11) is 0. The molecule has 0 aromatic heterocycles. The van der Waals surface area contributed by atoms with Crippen LogP contribution in [0, 0.1) is 5.92 Å². The van der Waals surface area contributed by atoms with Crippen LogP contribution in [0.3, 0.4) is 0 Å². The lowest BCUT2D eigenvalue weighted by molar-refractivity contribution is 0.405. The molecule has 0 N–H and O–H groups in total. The Bertz CT molecular complexity index is 392. The molecule has 0 atom stereocenters. The van der Waals surface area contributed by atoms with Gasteiger partial charge in [-0.25, -0.2) is 0 Å². The summed E-state index contributed by atoms with van der Waals surface area (Å²) >= 11 is 9.64. The molecule has 0 bridgehead atoms. The zero-order valence-corrected chi connectivity index (χ0v) is 12.3. The molecule has 0 nitrogen and oxygen atoms in total. The third-order valence-corrected chi connectivity index (χ3v) is 4.37. The van der Waals surface area contributed by atoms with E-state index in [4.69, 9.17) is 11.6 Å². The van der Waals surface area contributed by atoms with Crippen LogP contribution in [0.4, 0.5) is 0 Å². The van der Waals surface area contributed by atoms with Gasteiger partial charge in [-0.1, -0.05) is 70.6 Å². The van der Waals surface area contributed by atoms with E-state index in [0.717, 1.165) is 16.3 Å². The van der Waals surface area contributed by atoms with Crippen molar-refractivity contribution in [1.29, 1.82) is 0 Å². The van der Waals surface area contributed by atoms with Gasteiger partial charge in [0.05, 0.1) is 0 Å². The van der Waals surface area contributed by atoms with E-state index in [9.17, 15) is 0 Å². The Labute approximate surface area is 117 Å². The number of hydrogen-bond acceptors (Lipinski definition) is 0. The number of rotatable bonds is 3. The first-order valence-corrected chi connectivity index (χ1v) is 7.81. The van der Waals surface area contributed by atoms with Gasteiger partial charge in [0.2, 0.25) is 0 Å². The molecule has 1 aromatic carbocycles. The Kier molecular flexibility index (Phi) is 5.12. The maximum absolute atomic E-state index is 6.02. The average molecular weight is 314 g/mol. The summed E-state index contributed by atoms with van der Waals surface area (Å²) in [6.07, 6.45) is 9.16. The number of hydrogen-bond donors (Lipinski definition) is 0. The zero-order chi connectivity index (χ0) is 12.1. The van der Waals surface area contributed by atoms with Gasteiger partial charge in [-0.15, -0.1) is 0 Å². The first-order valence-electron chi connectivity index (χ1n) is 6.31. The number of alkyl halides is 1. The zero-order valence-electron chi connectivity index (χ0n) is 9.96. The topological polar surface area (TPSA) is 0 Å². The minimum absolute atomic E-state index is 0.766. The van der Waals surface area contributed by atoms with E-state index >= 15 is 0 Å². The van der Waals surface area contributed by atoms with E-state index in [2.05, 4.69) is 28.1 Å². The van der Waals surface area contributed by atoms with Crippen LogP contribution in [-0.2, 0) is 0 Å². The van der Waals surface area contributed by atoms with Crippen molar-refractivity contribution in [3.63, 3.8) is 0 Å². The predicted molar refractivity (Wildman–Crippen MR) is 79.8 cm³/mol. The van der Waals surface area contributed by atoms with Crippen molar-refractivity contribution < 1.29 is 0 Å². The van der Waals surface area contributed by atoms with Crippen molar-refractivity contribution in [1.82, 2.24) is 0 Å². The van der Waals surface area contributed by atoms with Gasteiger partial charge in [-0.05, 0) is 36.5 Å². The van der Waals surface area contributed by atoms with Crippen LogP contribution >= 0.6 is 27.5 Å². The van der Waals surface area contributed by atoms with Gasteiger partial charge < -0.3 is 0 Å². The van der Waals surface area contributed by atoms with Gasteiger partial charge in [-0.3, -0.25) is 0 Å². The van der Waals surface area contributed by atoms with E-state index in [1.807, 2.05) is 18.2 Å². The second-order valence-electron chi connectivity index (χ2n) is 4.74. The highest BCUT2D eigenvalue weighted by Crippen LogP contribution is 2.31. The molecule has 0 saturated heterocycles. The summed E-state index contributed by atoms with van der Waals surface area (Å²) in [5, 5.41) is 1.79. The van der Waals surface area contributed by atoms with Crippen molar-refractivity contribution in [2.45, 2.75) is 32.1 Å². The van der Waals surface area contributed by atoms with Crippen LogP contribution in [0.1, 0.15) is 37.7 Å². The lowest BCUT2D eigenvalue weighted by Crippen LogP contribution is -2.10. The fourth-order valence-corrected chi connectivity index (χ4v) is 3.37. The van der Waals surface area contributed by atoms with Crippen LogP contribution in [-0.4, -0.2) is 5.33 Å². The van der Waals surface area contributed by atoms with Crippen LogP contribution in [0.5, 0.6) is 0 Å². The molecule has 2 heteroatoms. The van der Waals surface area contributed by atoms with Gasteiger partial charge in [0.15, 0.2) is 0 Å². The van der Waals surface area contributed by atoms with Crippen molar-refractivity contribution in [2.24, 2.45) is 5.92 Å². The molecule has 1 aromatic rings. The quantitative estimate of drug-likeness (QED) is 0.628. The Morgan fingerprint density at radius 3 is 2.71 bits per heavy atom. The Balaban J connectivity index is 2.16. The molecule has 1 aliphatic rings. The second-order valence-corrected chi connectivity index (χ2v) is 5.74. The summed E-state index contributed by atoms with van der Waals surface area (Å²) in [5.41, 5.74) is 2.74. The van der Waals surface area contributed by atoms with E-state index in [1.165, 1.54) is 43.2 Å². The third-order valence-electron chi connectivity index (χ3n) is 3.48. The van der Waals surface area contributed by atoms with Gasteiger partial charge in [0, 0.05) is 10.4 Å². The summed E-state index contributed by atoms with van der Waals surface area (Å²) in [6, 6.07) is 8.10. The lowest BCUT2D eigenvalue weighted by atomic mass is 9.84. The Morgan fingerprint density at radius 2 is 2.06 bits per heavy atom. The molecule has 1 fully saturated rings. The minimum Gasteiger partial charge on any atom is -0.0880 e.